The van der Waals surface area contributed by atoms with Crippen LogP contribution in [0.3, 0.4) is 0 Å². The Balaban J connectivity index is 2.14. The van der Waals surface area contributed by atoms with E-state index >= 15 is 0 Å². The molecule has 0 saturated carbocycles. The molecule has 3 nitrogen and oxygen atoms in total. The SMILES string of the molecule is CCCC1(CCC(C)CC)CN(c2ccc(Cl)cc2N)CCO1. The van der Waals surface area contributed by atoms with Gasteiger partial charge in [-0.3, -0.25) is 0 Å². The number of nitrogens with two attached hydrogens (primary N) is 1. The minimum absolute atomic E-state index is 0.0392. The number of rotatable bonds is 7. The molecule has 4 heteroatoms. The highest BCUT2D eigenvalue weighted by atomic mass is 35.5. The summed E-state index contributed by atoms with van der Waals surface area (Å²) in [5, 5.41) is 0.691. The third kappa shape index (κ3) is 4.77. The van der Waals surface area contributed by atoms with Gasteiger partial charge in [0.15, 0.2) is 0 Å². The van der Waals surface area contributed by atoms with Crippen LogP contribution in [0.1, 0.15) is 52.9 Å². The molecular formula is C19H31ClN2O. The van der Waals surface area contributed by atoms with Gasteiger partial charge in [0.2, 0.25) is 0 Å². The zero-order valence-corrected chi connectivity index (χ0v) is 15.5. The Kier molecular flexibility index (Phi) is 6.60. The predicted molar refractivity (Wildman–Crippen MR) is 100 cm³/mol. The van der Waals surface area contributed by atoms with Crippen LogP contribution in [0.4, 0.5) is 11.4 Å². The second-order valence-corrected chi connectivity index (χ2v) is 7.39. The first-order valence-corrected chi connectivity index (χ1v) is 9.31. The van der Waals surface area contributed by atoms with Gasteiger partial charge in [0.1, 0.15) is 0 Å². The zero-order valence-electron chi connectivity index (χ0n) is 14.8. The fourth-order valence-electron chi connectivity index (χ4n) is 3.46. The van der Waals surface area contributed by atoms with E-state index in [4.69, 9.17) is 22.1 Å². The number of halogens is 1. The molecule has 1 aromatic rings. The molecule has 2 rings (SSSR count). The van der Waals surface area contributed by atoms with Gasteiger partial charge in [-0.1, -0.05) is 45.2 Å². The van der Waals surface area contributed by atoms with Crippen molar-refractivity contribution in [2.45, 2.75) is 58.5 Å². The lowest BCUT2D eigenvalue weighted by Crippen LogP contribution is -2.52. The molecule has 130 valence electrons. The van der Waals surface area contributed by atoms with E-state index in [1.165, 1.54) is 12.8 Å². The van der Waals surface area contributed by atoms with E-state index in [1.807, 2.05) is 18.2 Å². The molecule has 0 aromatic heterocycles. The van der Waals surface area contributed by atoms with Crippen LogP contribution >= 0.6 is 11.6 Å². The van der Waals surface area contributed by atoms with E-state index in [0.29, 0.717) is 5.02 Å². The fourth-order valence-corrected chi connectivity index (χ4v) is 3.64. The first-order chi connectivity index (χ1) is 11.0. The second kappa shape index (κ2) is 8.25. The van der Waals surface area contributed by atoms with Crippen LogP contribution in [0.2, 0.25) is 5.02 Å². The van der Waals surface area contributed by atoms with Gasteiger partial charge in [-0.2, -0.15) is 0 Å². The largest absolute Gasteiger partial charge is 0.397 e. The van der Waals surface area contributed by atoms with Gasteiger partial charge >= 0.3 is 0 Å². The van der Waals surface area contributed by atoms with Crippen molar-refractivity contribution in [3.05, 3.63) is 23.2 Å². The molecule has 0 spiro atoms. The maximum absolute atomic E-state index is 6.31. The molecule has 0 amide bonds. The molecule has 23 heavy (non-hydrogen) atoms. The lowest BCUT2D eigenvalue weighted by atomic mass is 9.86. The Morgan fingerprint density at radius 3 is 2.78 bits per heavy atom. The molecule has 1 fully saturated rings. The van der Waals surface area contributed by atoms with E-state index in [2.05, 4.69) is 25.7 Å². The highest BCUT2D eigenvalue weighted by molar-refractivity contribution is 6.31. The number of anilines is 2. The number of hydrogen-bond acceptors (Lipinski definition) is 3. The van der Waals surface area contributed by atoms with Crippen molar-refractivity contribution in [3.63, 3.8) is 0 Å². The van der Waals surface area contributed by atoms with Crippen molar-refractivity contribution < 1.29 is 4.74 Å². The van der Waals surface area contributed by atoms with Gasteiger partial charge in [-0.25, -0.2) is 0 Å². The van der Waals surface area contributed by atoms with E-state index in [-0.39, 0.29) is 5.60 Å². The van der Waals surface area contributed by atoms with Crippen LogP contribution in [0.5, 0.6) is 0 Å². The number of nitrogens with zero attached hydrogens (tertiary/aromatic N) is 1. The summed E-state index contributed by atoms with van der Waals surface area (Å²) in [6, 6.07) is 5.80. The van der Waals surface area contributed by atoms with Crippen LogP contribution in [0.15, 0.2) is 18.2 Å². The maximum atomic E-state index is 6.31. The smallest absolute Gasteiger partial charge is 0.0857 e. The van der Waals surface area contributed by atoms with E-state index in [1.54, 1.807) is 0 Å². The Morgan fingerprint density at radius 1 is 1.35 bits per heavy atom. The third-order valence-corrected chi connectivity index (χ3v) is 5.31. The van der Waals surface area contributed by atoms with Crippen molar-refractivity contribution in [1.29, 1.82) is 0 Å². The number of morpholine rings is 1. The summed E-state index contributed by atoms with van der Waals surface area (Å²) in [4.78, 5) is 2.38. The Hall–Kier alpha value is -0.930. The summed E-state index contributed by atoms with van der Waals surface area (Å²) in [6.45, 7) is 9.41. The van der Waals surface area contributed by atoms with Gasteiger partial charge in [-0.05, 0) is 43.4 Å². The maximum Gasteiger partial charge on any atom is 0.0857 e. The summed E-state index contributed by atoms with van der Waals surface area (Å²) in [5.74, 6) is 0.753. The average Bonchev–Trinajstić information content (AvgIpc) is 2.53. The van der Waals surface area contributed by atoms with Crippen LogP contribution in [0.25, 0.3) is 0 Å². The number of nitrogen functional groups attached to an aromatic ring is 1. The normalized spacial score (nSPS) is 23.0. The van der Waals surface area contributed by atoms with E-state index in [0.717, 1.165) is 56.3 Å². The van der Waals surface area contributed by atoms with Crippen molar-refractivity contribution in [2.24, 2.45) is 5.92 Å². The number of hydrogen-bond donors (Lipinski definition) is 1. The van der Waals surface area contributed by atoms with Crippen molar-refractivity contribution in [2.75, 3.05) is 30.3 Å². The number of benzene rings is 1. The summed E-state index contributed by atoms with van der Waals surface area (Å²) in [5.41, 5.74) is 7.99. The summed E-state index contributed by atoms with van der Waals surface area (Å²) < 4.78 is 6.31. The lowest BCUT2D eigenvalue weighted by Gasteiger charge is -2.44. The molecule has 1 saturated heterocycles. The summed E-state index contributed by atoms with van der Waals surface area (Å²) in [7, 11) is 0. The van der Waals surface area contributed by atoms with Gasteiger partial charge < -0.3 is 15.4 Å². The topological polar surface area (TPSA) is 38.5 Å². The molecule has 0 bridgehead atoms. The van der Waals surface area contributed by atoms with Crippen LogP contribution in [-0.2, 0) is 4.74 Å². The minimum atomic E-state index is -0.0392. The van der Waals surface area contributed by atoms with Crippen molar-refractivity contribution in [1.82, 2.24) is 0 Å². The molecular weight excluding hydrogens is 308 g/mol. The minimum Gasteiger partial charge on any atom is -0.397 e. The van der Waals surface area contributed by atoms with Gasteiger partial charge in [-0.15, -0.1) is 0 Å². The molecule has 2 N–H and O–H groups in total. The number of ether oxygens (including phenoxy) is 1. The molecule has 0 radical (unpaired) electrons. The lowest BCUT2D eigenvalue weighted by molar-refractivity contribution is -0.0701. The average molecular weight is 339 g/mol. The van der Waals surface area contributed by atoms with Gasteiger partial charge in [0, 0.05) is 18.1 Å². The van der Waals surface area contributed by atoms with Crippen LogP contribution in [-0.4, -0.2) is 25.3 Å². The Morgan fingerprint density at radius 2 is 2.13 bits per heavy atom. The van der Waals surface area contributed by atoms with Crippen molar-refractivity contribution >= 4 is 23.0 Å². The summed E-state index contributed by atoms with van der Waals surface area (Å²) in [6.07, 6.45) is 5.83. The molecule has 1 aromatic carbocycles. The van der Waals surface area contributed by atoms with Gasteiger partial charge in [0.25, 0.3) is 0 Å². The van der Waals surface area contributed by atoms with E-state index < -0.39 is 0 Å². The van der Waals surface area contributed by atoms with Crippen molar-refractivity contribution in [3.8, 4) is 0 Å². The first-order valence-electron chi connectivity index (χ1n) is 8.93. The fraction of sp³-hybridized carbons (Fsp3) is 0.684. The van der Waals surface area contributed by atoms with Gasteiger partial charge in [0.05, 0.1) is 23.6 Å². The quantitative estimate of drug-likeness (QED) is 0.701. The molecule has 1 aliphatic rings. The molecule has 1 aliphatic heterocycles. The first kappa shape index (κ1) is 18.4. The Labute approximate surface area is 146 Å². The summed E-state index contributed by atoms with van der Waals surface area (Å²) >= 11 is 6.04. The molecule has 1 heterocycles. The highest BCUT2D eigenvalue weighted by Gasteiger charge is 2.36. The molecule has 2 atom stereocenters. The Bertz CT molecular complexity index is 504. The molecule has 2 unspecified atom stereocenters. The van der Waals surface area contributed by atoms with Crippen LogP contribution < -0.4 is 10.6 Å². The second-order valence-electron chi connectivity index (χ2n) is 6.96. The highest BCUT2D eigenvalue weighted by Crippen LogP contribution is 2.35. The van der Waals surface area contributed by atoms with E-state index in [9.17, 15) is 0 Å². The molecule has 0 aliphatic carbocycles. The van der Waals surface area contributed by atoms with Crippen LogP contribution in [0, 0.1) is 5.92 Å². The predicted octanol–water partition coefficient (Wildman–Crippen LogP) is 5.12. The zero-order chi connectivity index (χ0) is 16.9. The third-order valence-electron chi connectivity index (χ3n) is 5.07. The standard InChI is InChI=1S/C19H31ClN2O/c1-4-9-19(10-8-15(3)5-2)14-22(11-12-23-19)18-7-6-16(20)13-17(18)21/h6-7,13,15H,4-5,8-12,14,21H2,1-3H3. The monoisotopic (exact) mass is 338 g/mol.